The van der Waals surface area contributed by atoms with E-state index in [0.717, 1.165) is 0 Å². The van der Waals surface area contributed by atoms with Gasteiger partial charge in [-0.1, -0.05) is 29.3 Å². The van der Waals surface area contributed by atoms with Crippen molar-refractivity contribution >= 4 is 50.9 Å². The predicted molar refractivity (Wildman–Crippen MR) is 123 cm³/mol. The zero-order chi connectivity index (χ0) is 24.3. The van der Waals surface area contributed by atoms with Gasteiger partial charge in [-0.05, 0) is 40.2 Å². The highest BCUT2D eigenvalue weighted by atomic mass is 79.9. The number of carbonyl (C=O) groups is 2. The fourth-order valence-corrected chi connectivity index (χ4v) is 3.55. The van der Waals surface area contributed by atoms with Crippen LogP contribution in [0.4, 0.5) is 4.39 Å². The van der Waals surface area contributed by atoms with Crippen LogP contribution in [0.15, 0.2) is 34.9 Å². The summed E-state index contributed by atoms with van der Waals surface area (Å²) in [5, 5.41) is 11.8. The van der Waals surface area contributed by atoms with Crippen molar-refractivity contribution in [1.82, 2.24) is 20.2 Å². The summed E-state index contributed by atoms with van der Waals surface area (Å²) in [5.74, 6) is -2.01. The monoisotopic (exact) mass is 553 g/mol. The molecule has 0 unspecified atom stereocenters. The normalized spacial score (nSPS) is 10.5. The minimum Gasteiger partial charge on any atom is -0.453 e. The minimum absolute atomic E-state index is 0.00834. The summed E-state index contributed by atoms with van der Waals surface area (Å²) >= 11 is 15.2. The molecule has 12 heteroatoms. The van der Waals surface area contributed by atoms with Crippen molar-refractivity contribution in [2.45, 2.75) is 6.54 Å². The maximum absolute atomic E-state index is 15.1. The third kappa shape index (κ3) is 5.63. The molecule has 8 nitrogen and oxygen atoms in total. The van der Waals surface area contributed by atoms with Crippen molar-refractivity contribution in [3.05, 3.63) is 73.4 Å². The van der Waals surface area contributed by atoms with E-state index in [4.69, 9.17) is 33.2 Å². The van der Waals surface area contributed by atoms with Crippen LogP contribution in [0.1, 0.15) is 32.2 Å². The minimum atomic E-state index is -0.798. The summed E-state index contributed by atoms with van der Waals surface area (Å²) in [7, 11) is 3.10. The number of benzene rings is 2. The Balaban J connectivity index is 1.79. The van der Waals surface area contributed by atoms with E-state index in [1.165, 1.54) is 35.2 Å². The first kappa shape index (κ1) is 24.5. The van der Waals surface area contributed by atoms with Crippen molar-refractivity contribution in [3.63, 3.8) is 0 Å². The predicted octanol–water partition coefficient (Wildman–Crippen LogP) is 4.91. The molecule has 0 aliphatic carbocycles. The van der Waals surface area contributed by atoms with Crippen molar-refractivity contribution in [1.29, 1.82) is 5.26 Å². The number of hydrogen-bond donors (Lipinski definition) is 2. The Bertz CT molecular complexity index is 1290. The number of ether oxygens (including phenoxy) is 1. The Labute approximate surface area is 206 Å². The lowest BCUT2D eigenvalue weighted by Crippen LogP contribution is -2.25. The highest BCUT2D eigenvalue weighted by Crippen LogP contribution is 2.35. The Hall–Kier alpha value is -3.13. The summed E-state index contributed by atoms with van der Waals surface area (Å²) in [5.41, 5.74) is 0.328. The van der Waals surface area contributed by atoms with Crippen molar-refractivity contribution in [2.75, 3.05) is 14.1 Å². The van der Waals surface area contributed by atoms with Gasteiger partial charge >= 0.3 is 0 Å². The van der Waals surface area contributed by atoms with Crippen molar-refractivity contribution in [2.24, 2.45) is 0 Å². The van der Waals surface area contributed by atoms with Gasteiger partial charge in [0, 0.05) is 31.2 Å². The zero-order valence-electron chi connectivity index (χ0n) is 17.2. The molecule has 0 fully saturated rings. The van der Waals surface area contributed by atoms with Gasteiger partial charge < -0.3 is 19.9 Å². The molecule has 0 bridgehead atoms. The van der Waals surface area contributed by atoms with E-state index in [0.29, 0.717) is 0 Å². The van der Waals surface area contributed by atoms with Crippen LogP contribution in [0.5, 0.6) is 11.5 Å². The molecule has 0 saturated heterocycles. The number of amides is 2. The van der Waals surface area contributed by atoms with Gasteiger partial charge in [0.15, 0.2) is 17.4 Å². The van der Waals surface area contributed by atoms with Crippen LogP contribution in [0, 0.1) is 17.1 Å². The molecule has 0 saturated carbocycles. The highest BCUT2D eigenvalue weighted by Gasteiger charge is 2.21. The highest BCUT2D eigenvalue weighted by molar-refractivity contribution is 9.10. The summed E-state index contributed by atoms with van der Waals surface area (Å²) < 4.78 is 20.8. The second kappa shape index (κ2) is 10.2. The molecule has 0 radical (unpaired) electrons. The quantitative estimate of drug-likeness (QED) is 0.449. The molecule has 2 aromatic carbocycles. The summed E-state index contributed by atoms with van der Waals surface area (Å²) in [6, 6.07) is 8.97. The molecular weight excluding hydrogens is 540 g/mol. The molecule has 3 rings (SSSR count). The van der Waals surface area contributed by atoms with Gasteiger partial charge in [-0.25, -0.2) is 9.37 Å². The average molecular weight is 555 g/mol. The number of H-pyrrole nitrogens is 1. The van der Waals surface area contributed by atoms with E-state index in [1.54, 1.807) is 14.1 Å². The van der Waals surface area contributed by atoms with Crippen LogP contribution in [-0.2, 0) is 6.54 Å². The number of rotatable bonds is 6. The SMILES string of the molecule is CN(C)C(=O)c1nc(Br)c(C(=O)NCc2ccc(Cl)c(Oc3cc(Cl)cc(C#N)c3)c2F)[nH]1. The maximum Gasteiger partial charge on any atom is 0.289 e. The second-order valence-corrected chi connectivity index (χ2v) is 8.47. The smallest absolute Gasteiger partial charge is 0.289 e. The van der Waals surface area contributed by atoms with Crippen LogP contribution in [0.25, 0.3) is 0 Å². The third-order valence-electron chi connectivity index (χ3n) is 4.28. The van der Waals surface area contributed by atoms with E-state index in [-0.39, 0.29) is 55.3 Å². The van der Waals surface area contributed by atoms with Gasteiger partial charge in [-0.2, -0.15) is 5.26 Å². The van der Waals surface area contributed by atoms with E-state index in [2.05, 4.69) is 31.2 Å². The topological polar surface area (TPSA) is 111 Å². The Kier molecular flexibility index (Phi) is 7.58. The third-order valence-corrected chi connectivity index (χ3v) is 5.37. The van der Waals surface area contributed by atoms with Gasteiger partial charge in [0.2, 0.25) is 0 Å². The number of hydrogen-bond acceptors (Lipinski definition) is 5. The summed E-state index contributed by atoms with van der Waals surface area (Å²) in [4.78, 5) is 32.5. The number of aromatic amines is 1. The summed E-state index contributed by atoms with van der Waals surface area (Å²) in [6.45, 7) is -0.209. The Morgan fingerprint density at radius 3 is 2.70 bits per heavy atom. The van der Waals surface area contributed by atoms with E-state index < -0.39 is 17.6 Å². The molecule has 0 spiro atoms. The number of nitriles is 1. The molecule has 0 aliphatic rings. The Morgan fingerprint density at radius 2 is 2.03 bits per heavy atom. The first-order chi connectivity index (χ1) is 15.6. The molecule has 3 aromatic rings. The van der Waals surface area contributed by atoms with E-state index in [9.17, 15) is 9.59 Å². The maximum atomic E-state index is 15.1. The number of imidazole rings is 1. The lowest BCUT2D eigenvalue weighted by atomic mass is 10.2. The van der Waals surface area contributed by atoms with Gasteiger partial charge in [-0.15, -0.1) is 0 Å². The number of nitrogens with zero attached hydrogens (tertiary/aromatic N) is 3. The number of aromatic nitrogens is 2. The van der Waals surface area contributed by atoms with E-state index >= 15 is 4.39 Å². The first-order valence-electron chi connectivity index (χ1n) is 9.21. The van der Waals surface area contributed by atoms with Crippen LogP contribution >= 0.6 is 39.1 Å². The molecule has 1 heterocycles. The van der Waals surface area contributed by atoms with Crippen molar-refractivity contribution in [3.8, 4) is 17.6 Å². The molecule has 1 aromatic heterocycles. The lowest BCUT2D eigenvalue weighted by molar-refractivity contribution is 0.0817. The van der Waals surface area contributed by atoms with Gasteiger partial charge in [-0.3, -0.25) is 9.59 Å². The van der Waals surface area contributed by atoms with Crippen LogP contribution in [0.3, 0.4) is 0 Å². The molecule has 0 aliphatic heterocycles. The molecule has 0 atom stereocenters. The Morgan fingerprint density at radius 1 is 1.30 bits per heavy atom. The molecule has 33 heavy (non-hydrogen) atoms. The van der Waals surface area contributed by atoms with Crippen LogP contribution < -0.4 is 10.1 Å². The van der Waals surface area contributed by atoms with Gasteiger partial charge in [0.1, 0.15) is 16.0 Å². The van der Waals surface area contributed by atoms with Gasteiger partial charge in [0.25, 0.3) is 11.8 Å². The van der Waals surface area contributed by atoms with Crippen LogP contribution in [-0.4, -0.2) is 40.8 Å². The number of carbonyl (C=O) groups excluding carboxylic acids is 2. The standard InChI is InChI=1S/C21H15BrCl2FN5O3/c1-30(2)21(32)19-28-16(18(22)29-19)20(31)27-9-11-3-4-14(24)17(15(11)25)33-13-6-10(8-26)5-12(23)7-13/h3-7H,9H2,1-2H3,(H,27,31)(H,28,29). The van der Waals surface area contributed by atoms with Crippen LogP contribution in [0.2, 0.25) is 10.0 Å². The second-order valence-electron chi connectivity index (χ2n) is 6.87. The largest absolute Gasteiger partial charge is 0.453 e. The molecule has 2 amide bonds. The fourth-order valence-electron chi connectivity index (χ4n) is 2.69. The molecule has 170 valence electrons. The van der Waals surface area contributed by atoms with Crippen molar-refractivity contribution < 1.29 is 18.7 Å². The van der Waals surface area contributed by atoms with E-state index in [1.807, 2.05) is 6.07 Å². The first-order valence-corrected chi connectivity index (χ1v) is 10.8. The summed E-state index contributed by atoms with van der Waals surface area (Å²) in [6.07, 6.45) is 0. The zero-order valence-corrected chi connectivity index (χ0v) is 20.3. The van der Waals surface area contributed by atoms with Gasteiger partial charge in [0.05, 0.1) is 16.7 Å². The number of nitrogens with one attached hydrogen (secondary N) is 2. The molecular formula is C21H15BrCl2FN5O3. The number of halogens is 4. The fraction of sp³-hybridized carbons (Fsp3) is 0.143. The lowest BCUT2D eigenvalue weighted by Gasteiger charge is -2.13. The molecule has 2 N–H and O–H groups in total. The average Bonchev–Trinajstić information content (AvgIpc) is 3.16.